The Balaban J connectivity index is 1.77. The van der Waals surface area contributed by atoms with Crippen molar-refractivity contribution in [2.45, 2.75) is 31.6 Å². The van der Waals surface area contributed by atoms with Gasteiger partial charge in [-0.15, -0.1) is 0 Å². The first-order chi connectivity index (χ1) is 10.5. The number of hydrogen-bond donors (Lipinski definition) is 0. The largest absolute Gasteiger partial charge is 0.339 e. The lowest BCUT2D eigenvalue weighted by atomic mass is 9.63. The van der Waals surface area contributed by atoms with Gasteiger partial charge in [0, 0.05) is 38.1 Å². The van der Waals surface area contributed by atoms with Gasteiger partial charge in [-0.05, 0) is 30.5 Å². The van der Waals surface area contributed by atoms with Crippen LogP contribution >= 0.6 is 11.6 Å². The van der Waals surface area contributed by atoms with E-state index in [2.05, 4.69) is 0 Å². The lowest BCUT2D eigenvalue weighted by Gasteiger charge is -2.46. The lowest BCUT2D eigenvalue weighted by Crippen LogP contribution is -2.57. The van der Waals surface area contributed by atoms with Gasteiger partial charge in [0.15, 0.2) is 0 Å². The molecule has 0 aromatic heterocycles. The number of carbonyl (C=O) groups excluding carboxylic acids is 2. The molecule has 2 aliphatic rings. The molecule has 0 N–H and O–H groups in total. The Morgan fingerprint density at radius 1 is 1.09 bits per heavy atom. The predicted octanol–water partition coefficient (Wildman–Crippen LogP) is 2.45. The third kappa shape index (κ3) is 2.60. The normalized spacial score (nSPS) is 20.5. The minimum Gasteiger partial charge on any atom is -0.339 e. The molecule has 22 heavy (non-hydrogen) atoms. The number of nitrogens with zero attached hydrogens (tertiary/aromatic N) is 2. The zero-order chi connectivity index (χ0) is 15.7. The van der Waals surface area contributed by atoms with Crippen LogP contribution in [0.15, 0.2) is 24.3 Å². The third-order valence-corrected chi connectivity index (χ3v) is 5.24. The molecule has 1 aliphatic heterocycles. The molecule has 1 aliphatic carbocycles. The highest BCUT2D eigenvalue weighted by molar-refractivity contribution is 6.30. The van der Waals surface area contributed by atoms with Crippen molar-refractivity contribution in [2.75, 3.05) is 26.2 Å². The smallest absolute Gasteiger partial charge is 0.233 e. The third-order valence-electron chi connectivity index (χ3n) is 5.01. The van der Waals surface area contributed by atoms with Crippen LogP contribution in [0.25, 0.3) is 0 Å². The molecule has 118 valence electrons. The number of benzene rings is 1. The molecule has 2 amide bonds. The number of rotatable bonds is 2. The number of hydrogen-bond acceptors (Lipinski definition) is 2. The summed E-state index contributed by atoms with van der Waals surface area (Å²) in [5.74, 6) is 0.282. The van der Waals surface area contributed by atoms with Crippen LogP contribution in [0.5, 0.6) is 0 Å². The molecule has 1 aromatic carbocycles. The Labute approximate surface area is 136 Å². The molecule has 1 saturated carbocycles. The van der Waals surface area contributed by atoms with Gasteiger partial charge >= 0.3 is 0 Å². The second-order valence-corrected chi connectivity index (χ2v) is 6.68. The molecule has 0 unspecified atom stereocenters. The minimum absolute atomic E-state index is 0.0836. The van der Waals surface area contributed by atoms with Gasteiger partial charge in [0.2, 0.25) is 11.8 Å². The molecule has 0 atom stereocenters. The average molecular weight is 321 g/mol. The van der Waals surface area contributed by atoms with Crippen molar-refractivity contribution < 1.29 is 9.59 Å². The Hall–Kier alpha value is -1.55. The van der Waals surface area contributed by atoms with E-state index in [1.807, 2.05) is 29.2 Å². The Morgan fingerprint density at radius 3 is 2.23 bits per heavy atom. The lowest BCUT2D eigenvalue weighted by molar-refractivity contribution is -0.145. The van der Waals surface area contributed by atoms with Crippen LogP contribution in [0, 0.1) is 0 Å². The van der Waals surface area contributed by atoms with E-state index >= 15 is 0 Å². The van der Waals surface area contributed by atoms with Crippen LogP contribution in [-0.4, -0.2) is 47.8 Å². The molecule has 3 rings (SSSR count). The number of piperazine rings is 1. The van der Waals surface area contributed by atoms with Crippen molar-refractivity contribution in [1.29, 1.82) is 0 Å². The van der Waals surface area contributed by atoms with E-state index in [1.165, 1.54) is 0 Å². The Kier molecular flexibility index (Phi) is 4.13. The molecule has 1 aromatic rings. The Morgan fingerprint density at radius 2 is 1.73 bits per heavy atom. The molecule has 1 saturated heterocycles. The molecule has 1 heterocycles. The molecule has 0 bridgehead atoms. The van der Waals surface area contributed by atoms with Crippen LogP contribution in [-0.2, 0) is 15.0 Å². The highest BCUT2D eigenvalue weighted by Crippen LogP contribution is 2.45. The van der Waals surface area contributed by atoms with Crippen molar-refractivity contribution in [3.63, 3.8) is 0 Å². The molecule has 0 spiro atoms. The first kappa shape index (κ1) is 15.3. The van der Waals surface area contributed by atoms with Gasteiger partial charge in [0.05, 0.1) is 5.41 Å². The summed E-state index contributed by atoms with van der Waals surface area (Å²) < 4.78 is 0. The summed E-state index contributed by atoms with van der Waals surface area (Å²) in [6, 6.07) is 7.69. The van der Waals surface area contributed by atoms with Gasteiger partial charge in [-0.2, -0.15) is 0 Å². The summed E-state index contributed by atoms with van der Waals surface area (Å²) in [5, 5.41) is 0.679. The topological polar surface area (TPSA) is 40.6 Å². The van der Waals surface area contributed by atoms with Gasteiger partial charge in [-0.1, -0.05) is 30.2 Å². The SMILES string of the molecule is CC(=O)N1CCN(C(=O)C2(c3cccc(Cl)c3)CCC2)CC1. The van der Waals surface area contributed by atoms with E-state index in [4.69, 9.17) is 11.6 Å². The maximum Gasteiger partial charge on any atom is 0.233 e. The van der Waals surface area contributed by atoms with E-state index < -0.39 is 5.41 Å². The van der Waals surface area contributed by atoms with Gasteiger partial charge in [0.25, 0.3) is 0 Å². The first-order valence-electron chi connectivity index (χ1n) is 7.84. The summed E-state index contributed by atoms with van der Waals surface area (Å²) in [6.45, 7) is 4.09. The number of amides is 2. The summed E-state index contributed by atoms with van der Waals surface area (Å²) in [6.07, 6.45) is 2.85. The summed E-state index contributed by atoms with van der Waals surface area (Å²) in [7, 11) is 0. The summed E-state index contributed by atoms with van der Waals surface area (Å²) in [4.78, 5) is 28.2. The highest BCUT2D eigenvalue weighted by Gasteiger charge is 2.48. The summed E-state index contributed by atoms with van der Waals surface area (Å²) in [5.41, 5.74) is 0.633. The first-order valence-corrected chi connectivity index (χ1v) is 8.22. The second-order valence-electron chi connectivity index (χ2n) is 6.24. The fourth-order valence-electron chi connectivity index (χ4n) is 3.47. The monoisotopic (exact) mass is 320 g/mol. The van der Waals surface area contributed by atoms with Gasteiger partial charge < -0.3 is 9.80 Å². The van der Waals surface area contributed by atoms with E-state index in [0.29, 0.717) is 31.2 Å². The molecular formula is C17H21ClN2O2. The van der Waals surface area contributed by atoms with Crippen LogP contribution < -0.4 is 0 Å². The van der Waals surface area contributed by atoms with Gasteiger partial charge in [-0.25, -0.2) is 0 Å². The summed E-state index contributed by atoms with van der Waals surface area (Å²) >= 11 is 6.11. The quantitative estimate of drug-likeness (QED) is 0.840. The number of halogens is 1. The maximum atomic E-state index is 13.1. The van der Waals surface area contributed by atoms with Crippen LogP contribution in [0.3, 0.4) is 0 Å². The fourth-order valence-corrected chi connectivity index (χ4v) is 3.66. The maximum absolute atomic E-state index is 13.1. The van der Waals surface area contributed by atoms with Gasteiger partial charge in [0.1, 0.15) is 0 Å². The average Bonchev–Trinajstić information content (AvgIpc) is 2.46. The van der Waals surface area contributed by atoms with Crippen LogP contribution in [0.2, 0.25) is 5.02 Å². The van der Waals surface area contributed by atoms with E-state index in [-0.39, 0.29) is 11.8 Å². The van der Waals surface area contributed by atoms with Crippen molar-refractivity contribution in [3.8, 4) is 0 Å². The van der Waals surface area contributed by atoms with Crippen LogP contribution in [0.4, 0.5) is 0 Å². The van der Waals surface area contributed by atoms with Crippen LogP contribution in [0.1, 0.15) is 31.7 Å². The molecule has 4 nitrogen and oxygen atoms in total. The Bertz CT molecular complexity index is 590. The van der Waals surface area contributed by atoms with Crippen molar-refractivity contribution >= 4 is 23.4 Å². The number of carbonyl (C=O) groups is 2. The molecular weight excluding hydrogens is 300 g/mol. The standard InChI is InChI=1S/C17H21ClN2O2/c1-13(21)19-8-10-20(11-9-19)16(22)17(6-3-7-17)14-4-2-5-15(18)12-14/h2,4-5,12H,3,6-11H2,1H3. The second kappa shape index (κ2) is 5.92. The van der Waals surface area contributed by atoms with Gasteiger partial charge in [-0.3, -0.25) is 9.59 Å². The molecule has 5 heteroatoms. The minimum atomic E-state index is -0.400. The van der Waals surface area contributed by atoms with E-state index in [0.717, 1.165) is 24.8 Å². The molecule has 2 fully saturated rings. The molecule has 0 radical (unpaired) electrons. The predicted molar refractivity (Wildman–Crippen MR) is 85.8 cm³/mol. The van der Waals surface area contributed by atoms with E-state index in [9.17, 15) is 9.59 Å². The fraction of sp³-hybridized carbons (Fsp3) is 0.529. The van der Waals surface area contributed by atoms with Crippen molar-refractivity contribution in [2.24, 2.45) is 0 Å². The zero-order valence-electron chi connectivity index (χ0n) is 12.8. The van der Waals surface area contributed by atoms with Crippen molar-refractivity contribution in [3.05, 3.63) is 34.9 Å². The van der Waals surface area contributed by atoms with E-state index in [1.54, 1.807) is 11.8 Å². The highest BCUT2D eigenvalue weighted by atomic mass is 35.5. The van der Waals surface area contributed by atoms with Crippen molar-refractivity contribution in [1.82, 2.24) is 9.80 Å². The zero-order valence-corrected chi connectivity index (χ0v) is 13.6.